The van der Waals surface area contributed by atoms with Gasteiger partial charge in [0.1, 0.15) is 0 Å². The second-order valence-electron chi connectivity index (χ2n) is 8.66. The summed E-state index contributed by atoms with van der Waals surface area (Å²) in [5.74, 6) is 0.366. The van der Waals surface area contributed by atoms with Crippen molar-refractivity contribution < 1.29 is 0 Å². The Morgan fingerprint density at radius 1 is 0.742 bits per heavy atom. The maximum absolute atomic E-state index is 4.36. The maximum atomic E-state index is 4.36. The molecule has 152 valence electrons. The van der Waals surface area contributed by atoms with E-state index in [1.54, 1.807) is 0 Å². The quantitative estimate of drug-likeness (QED) is 0.284. The summed E-state index contributed by atoms with van der Waals surface area (Å²) >= 11 is 0. The molecule has 0 bridgehead atoms. The Balaban J connectivity index is 1.84. The molecule has 1 aromatic heterocycles. The smallest absolute Gasteiger partial charge is 0.0538 e. The molecule has 0 aliphatic carbocycles. The third kappa shape index (κ3) is 3.27. The van der Waals surface area contributed by atoms with Crippen LogP contribution >= 0.6 is 0 Å². The SMILES string of the molecule is C=C(C)c1c(C(C)C)n(-c2ccc3ccccc3c2)c2ccc(-c3ccccc3)cc12. The van der Waals surface area contributed by atoms with Gasteiger partial charge in [0, 0.05) is 22.3 Å². The van der Waals surface area contributed by atoms with E-state index in [1.165, 1.54) is 49.7 Å². The molecule has 0 N–H and O–H groups in total. The molecule has 0 unspecified atom stereocenters. The molecule has 1 heteroatoms. The van der Waals surface area contributed by atoms with E-state index in [4.69, 9.17) is 0 Å². The number of hydrogen-bond donors (Lipinski definition) is 0. The van der Waals surface area contributed by atoms with Crippen LogP contribution in [0.2, 0.25) is 0 Å². The average molecular weight is 402 g/mol. The van der Waals surface area contributed by atoms with Crippen molar-refractivity contribution in [2.24, 2.45) is 0 Å². The van der Waals surface area contributed by atoms with Crippen LogP contribution in [0.15, 0.2) is 97.6 Å². The van der Waals surface area contributed by atoms with E-state index in [1.807, 2.05) is 0 Å². The van der Waals surface area contributed by atoms with Crippen LogP contribution in [0.5, 0.6) is 0 Å². The summed E-state index contributed by atoms with van der Waals surface area (Å²) < 4.78 is 2.44. The molecular formula is C30H27N. The molecule has 4 aromatic carbocycles. The van der Waals surface area contributed by atoms with Gasteiger partial charge < -0.3 is 4.57 Å². The molecule has 0 radical (unpaired) electrons. The zero-order valence-electron chi connectivity index (χ0n) is 18.4. The number of hydrogen-bond acceptors (Lipinski definition) is 0. The van der Waals surface area contributed by atoms with Gasteiger partial charge in [-0.1, -0.05) is 87.2 Å². The summed E-state index contributed by atoms with van der Waals surface area (Å²) in [6.07, 6.45) is 0. The second kappa shape index (κ2) is 7.59. The number of benzene rings is 4. The van der Waals surface area contributed by atoms with Crippen molar-refractivity contribution in [1.82, 2.24) is 4.57 Å². The van der Waals surface area contributed by atoms with E-state index >= 15 is 0 Å². The van der Waals surface area contributed by atoms with Gasteiger partial charge in [0.05, 0.1) is 5.52 Å². The van der Waals surface area contributed by atoms with Crippen LogP contribution in [0.4, 0.5) is 0 Å². The molecule has 1 heterocycles. The summed E-state index contributed by atoms with van der Waals surface area (Å²) in [5, 5.41) is 3.79. The molecule has 0 atom stereocenters. The third-order valence-electron chi connectivity index (χ3n) is 6.08. The van der Waals surface area contributed by atoms with Crippen LogP contribution in [-0.4, -0.2) is 4.57 Å². The third-order valence-corrected chi connectivity index (χ3v) is 6.08. The minimum Gasteiger partial charge on any atom is -0.313 e. The first-order valence-corrected chi connectivity index (χ1v) is 10.9. The van der Waals surface area contributed by atoms with Gasteiger partial charge in [-0.15, -0.1) is 0 Å². The molecule has 0 fully saturated rings. The summed E-state index contributed by atoms with van der Waals surface area (Å²) in [6, 6.07) is 32.8. The maximum Gasteiger partial charge on any atom is 0.0538 e. The molecule has 1 nitrogen and oxygen atoms in total. The van der Waals surface area contributed by atoms with E-state index in [9.17, 15) is 0 Å². The fraction of sp³-hybridized carbons (Fsp3) is 0.133. The van der Waals surface area contributed by atoms with Crippen LogP contribution in [0.25, 0.3) is 44.1 Å². The van der Waals surface area contributed by atoms with Crippen LogP contribution in [0, 0.1) is 0 Å². The lowest BCUT2D eigenvalue weighted by Gasteiger charge is -2.16. The summed E-state index contributed by atoms with van der Waals surface area (Å²) in [4.78, 5) is 0. The van der Waals surface area contributed by atoms with Gasteiger partial charge in [-0.2, -0.15) is 0 Å². The zero-order chi connectivity index (χ0) is 21.5. The topological polar surface area (TPSA) is 4.93 Å². The van der Waals surface area contributed by atoms with Gasteiger partial charge >= 0.3 is 0 Å². The number of fused-ring (bicyclic) bond motifs is 2. The highest BCUT2D eigenvalue weighted by atomic mass is 15.0. The van der Waals surface area contributed by atoms with E-state index in [0.29, 0.717) is 5.92 Å². The van der Waals surface area contributed by atoms with Gasteiger partial charge in [-0.3, -0.25) is 0 Å². The van der Waals surface area contributed by atoms with Crippen molar-refractivity contribution in [3.8, 4) is 16.8 Å². The van der Waals surface area contributed by atoms with Crippen LogP contribution < -0.4 is 0 Å². The highest BCUT2D eigenvalue weighted by molar-refractivity contribution is 5.98. The number of allylic oxidation sites excluding steroid dienone is 1. The van der Waals surface area contributed by atoms with Gasteiger partial charge in [-0.05, 0) is 64.6 Å². The Morgan fingerprint density at radius 3 is 2.16 bits per heavy atom. The monoisotopic (exact) mass is 401 g/mol. The van der Waals surface area contributed by atoms with E-state index in [-0.39, 0.29) is 0 Å². The molecule has 0 amide bonds. The number of nitrogens with zero attached hydrogens (tertiary/aromatic N) is 1. The largest absolute Gasteiger partial charge is 0.313 e. The van der Waals surface area contributed by atoms with E-state index in [0.717, 1.165) is 5.57 Å². The molecule has 0 aliphatic rings. The van der Waals surface area contributed by atoms with Crippen LogP contribution in [0.1, 0.15) is 37.9 Å². The van der Waals surface area contributed by atoms with Gasteiger partial charge in [0.25, 0.3) is 0 Å². The highest BCUT2D eigenvalue weighted by Gasteiger charge is 2.21. The molecule has 0 saturated carbocycles. The fourth-order valence-electron chi connectivity index (χ4n) is 4.71. The Kier molecular flexibility index (Phi) is 4.75. The van der Waals surface area contributed by atoms with Gasteiger partial charge in [0.2, 0.25) is 0 Å². The highest BCUT2D eigenvalue weighted by Crippen LogP contribution is 2.39. The van der Waals surface area contributed by atoms with Crippen molar-refractivity contribution >= 4 is 27.2 Å². The number of aromatic nitrogens is 1. The van der Waals surface area contributed by atoms with Crippen molar-refractivity contribution in [3.05, 3.63) is 109 Å². The average Bonchev–Trinajstić information content (AvgIpc) is 3.14. The Hall–Kier alpha value is -3.58. The molecule has 0 saturated heterocycles. The van der Waals surface area contributed by atoms with Gasteiger partial charge in [0.15, 0.2) is 0 Å². The summed E-state index contributed by atoms with van der Waals surface area (Å²) in [5.41, 5.74) is 8.62. The second-order valence-corrected chi connectivity index (χ2v) is 8.66. The lowest BCUT2D eigenvalue weighted by Crippen LogP contribution is -2.03. The minimum atomic E-state index is 0.366. The molecule has 31 heavy (non-hydrogen) atoms. The van der Waals surface area contributed by atoms with Crippen LogP contribution in [-0.2, 0) is 0 Å². The predicted octanol–water partition coefficient (Wildman–Crippen LogP) is 8.61. The predicted molar refractivity (Wildman–Crippen MR) is 135 cm³/mol. The lowest BCUT2D eigenvalue weighted by molar-refractivity contribution is 0.793. The Morgan fingerprint density at radius 2 is 1.45 bits per heavy atom. The Bertz CT molecular complexity index is 1420. The fourth-order valence-corrected chi connectivity index (χ4v) is 4.71. The molecule has 0 aliphatic heterocycles. The minimum absolute atomic E-state index is 0.366. The number of rotatable bonds is 4. The zero-order valence-corrected chi connectivity index (χ0v) is 18.4. The molecule has 0 spiro atoms. The molecular weight excluding hydrogens is 374 g/mol. The first kappa shape index (κ1) is 19.4. The van der Waals surface area contributed by atoms with E-state index < -0.39 is 0 Å². The Labute approximate surface area is 184 Å². The first-order chi connectivity index (χ1) is 15.0. The van der Waals surface area contributed by atoms with Crippen molar-refractivity contribution in [1.29, 1.82) is 0 Å². The first-order valence-electron chi connectivity index (χ1n) is 10.9. The van der Waals surface area contributed by atoms with Crippen LogP contribution in [0.3, 0.4) is 0 Å². The standard InChI is InChI=1S/C30H27N/c1-20(2)29-27-19-25(22-10-6-5-7-11-22)15-17-28(27)31(30(29)21(3)4)26-16-14-23-12-8-9-13-24(23)18-26/h5-19,21H,1H2,2-4H3. The van der Waals surface area contributed by atoms with Gasteiger partial charge in [-0.25, -0.2) is 0 Å². The lowest BCUT2D eigenvalue weighted by atomic mass is 9.96. The molecule has 5 aromatic rings. The van der Waals surface area contributed by atoms with Crippen molar-refractivity contribution in [3.63, 3.8) is 0 Å². The normalized spacial score (nSPS) is 11.5. The molecule has 5 rings (SSSR count). The van der Waals surface area contributed by atoms with Crippen molar-refractivity contribution in [2.45, 2.75) is 26.7 Å². The van der Waals surface area contributed by atoms with Crippen molar-refractivity contribution in [2.75, 3.05) is 0 Å². The summed E-state index contributed by atoms with van der Waals surface area (Å²) in [7, 11) is 0. The van der Waals surface area contributed by atoms with E-state index in [2.05, 4.69) is 123 Å². The summed E-state index contributed by atoms with van der Waals surface area (Å²) in [6.45, 7) is 11.0.